The molecule has 1 aliphatic carbocycles. The fourth-order valence-electron chi connectivity index (χ4n) is 3.07. The Labute approximate surface area is 126 Å². The van der Waals surface area contributed by atoms with Crippen molar-refractivity contribution in [3.05, 3.63) is 42.0 Å². The van der Waals surface area contributed by atoms with Crippen LogP contribution in [0.15, 0.2) is 34.9 Å². The molecule has 0 saturated heterocycles. The van der Waals surface area contributed by atoms with Crippen molar-refractivity contribution in [1.29, 1.82) is 0 Å². The van der Waals surface area contributed by atoms with Crippen LogP contribution < -0.4 is 5.32 Å². The van der Waals surface area contributed by atoms with Gasteiger partial charge in [-0.2, -0.15) is 4.98 Å². The van der Waals surface area contributed by atoms with E-state index in [2.05, 4.69) is 34.5 Å². The highest BCUT2D eigenvalue weighted by molar-refractivity contribution is 5.42. The lowest BCUT2D eigenvalue weighted by Crippen LogP contribution is -2.13. The van der Waals surface area contributed by atoms with Crippen molar-refractivity contribution in [2.45, 2.75) is 44.9 Å². The predicted octanol–water partition coefficient (Wildman–Crippen LogP) is 4.02. The molecule has 1 heterocycles. The van der Waals surface area contributed by atoms with Crippen molar-refractivity contribution in [1.82, 2.24) is 10.1 Å². The Morgan fingerprint density at radius 2 is 2.10 bits per heavy atom. The lowest BCUT2D eigenvalue weighted by Gasteiger charge is -2.23. The van der Waals surface area contributed by atoms with Gasteiger partial charge in [0.05, 0.1) is 0 Å². The molecular formula is C17H23N3O. The Morgan fingerprint density at radius 3 is 2.90 bits per heavy atom. The van der Waals surface area contributed by atoms with Gasteiger partial charge in [-0.3, -0.25) is 0 Å². The largest absolute Gasteiger partial charge is 0.385 e. The first-order chi connectivity index (χ1) is 10.3. The normalized spacial score (nSPS) is 22.1. The summed E-state index contributed by atoms with van der Waals surface area (Å²) in [7, 11) is 0. The van der Waals surface area contributed by atoms with Crippen LogP contribution in [0.2, 0.25) is 0 Å². The van der Waals surface area contributed by atoms with Gasteiger partial charge in [-0.1, -0.05) is 43.1 Å². The van der Waals surface area contributed by atoms with Crippen LogP contribution in [0.1, 0.15) is 50.2 Å². The molecule has 1 N–H and O–H groups in total. The molecule has 0 amide bonds. The average Bonchev–Trinajstić information content (AvgIpc) is 2.97. The van der Waals surface area contributed by atoms with E-state index in [0.29, 0.717) is 5.92 Å². The van der Waals surface area contributed by atoms with Crippen LogP contribution in [0.4, 0.5) is 5.69 Å². The molecule has 1 saturated carbocycles. The van der Waals surface area contributed by atoms with E-state index >= 15 is 0 Å². The van der Waals surface area contributed by atoms with E-state index in [1.807, 2.05) is 18.2 Å². The van der Waals surface area contributed by atoms with Crippen molar-refractivity contribution in [3.63, 3.8) is 0 Å². The fourth-order valence-corrected chi connectivity index (χ4v) is 3.07. The lowest BCUT2D eigenvalue weighted by atomic mass is 9.82. The molecular weight excluding hydrogens is 262 g/mol. The minimum Gasteiger partial charge on any atom is -0.385 e. The summed E-state index contributed by atoms with van der Waals surface area (Å²) in [6.45, 7) is 3.13. The zero-order valence-corrected chi connectivity index (χ0v) is 12.6. The van der Waals surface area contributed by atoms with Crippen LogP contribution in [0.5, 0.6) is 0 Å². The summed E-state index contributed by atoms with van der Waals surface area (Å²) < 4.78 is 5.39. The number of hydrogen-bond donors (Lipinski definition) is 1. The number of anilines is 1. The van der Waals surface area contributed by atoms with E-state index < -0.39 is 0 Å². The number of nitrogens with zero attached hydrogens (tertiary/aromatic N) is 2. The van der Waals surface area contributed by atoms with Crippen LogP contribution in [0.25, 0.3) is 0 Å². The van der Waals surface area contributed by atoms with Gasteiger partial charge >= 0.3 is 0 Å². The zero-order valence-electron chi connectivity index (χ0n) is 12.6. The third kappa shape index (κ3) is 3.84. The quantitative estimate of drug-likeness (QED) is 0.901. The van der Waals surface area contributed by atoms with E-state index in [1.165, 1.54) is 25.7 Å². The topological polar surface area (TPSA) is 51.0 Å². The number of para-hydroxylation sites is 1. The Balaban J connectivity index is 1.51. The summed E-state index contributed by atoms with van der Waals surface area (Å²) in [5.74, 6) is 2.93. The zero-order chi connectivity index (χ0) is 14.5. The van der Waals surface area contributed by atoms with Gasteiger partial charge in [-0.15, -0.1) is 0 Å². The van der Waals surface area contributed by atoms with E-state index in [1.54, 1.807) is 0 Å². The highest BCUT2D eigenvalue weighted by Gasteiger charge is 2.24. The molecule has 21 heavy (non-hydrogen) atoms. The van der Waals surface area contributed by atoms with Crippen LogP contribution in [0.3, 0.4) is 0 Å². The SMILES string of the molecule is CC1CCCC(c2noc(CCNc3ccccc3)n2)C1. The summed E-state index contributed by atoms with van der Waals surface area (Å²) in [5, 5.41) is 7.55. The Hall–Kier alpha value is -1.84. The van der Waals surface area contributed by atoms with Gasteiger partial charge < -0.3 is 9.84 Å². The highest BCUT2D eigenvalue weighted by Crippen LogP contribution is 2.34. The second-order valence-corrected chi connectivity index (χ2v) is 6.06. The number of rotatable bonds is 5. The van der Waals surface area contributed by atoms with Gasteiger partial charge in [-0.25, -0.2) is 0 Å². The summed E-state index contributed by atoms with van der Waals surface area (Å²) in [5.41, 5.74) is 1.12. The molecule has 4 heteroatoms. The van der Waals surface area contributed by atoms with Gasteiger partial charge in [-0.05, 0) is 30.9 Å². The van der Waals surface area contributed by atoms with Crippen molar-refractivity contribution in [2.24, 2.45) is 5.92 Å². The van der Waals surface area contributed by atoms with Crippen LogP contribution in [-0.2, 0) is 6.42 Å². The molecule has 0 bridgehead atoms. The molecule has 1 aromatic heterocycles. The molecule has 2 unspecified atom stereocenters. The van der Waals surface area contributed by atoms with Crippen molar-refractivity contribution >= 4 is 5.69 Å². The standard InChI is InChI=1S/C17H23N3O/c1-13-6-5-7-14(12-13)17-19-16(21-20-17)10-11-18-15-8-3-2-4-9-15/h2-4,8-9,13-14,18H,5-7,10-12H2,1H3. The Morgan fingerprint density at radius 1 is 1.24 bits per heavy atom. The molecule has 0 radical (unpaired) electrons. The highest BCUT2D eigenvalue weighted by atomic mass is 16.5. The Bertz CT molecular complexity index is 552. The number of benzene rings is 1. The Kier molecular flexibility index (Phi) is 4.53. The number of hydrogen-bond acceptors (Lipinski definition) is 4. The first-order valence-corrected chi connectivity index (χ1v) is 7.92. The number of nitrogens with one attached hydrogen (secondary N) is 1. The molecule has 1 aromatic carbocycles. The van der Waals surface area contributed by atoms with Crippen LogP contribution >= 0.6 is 0 Å². The molecule has 0 aliphatic heterocycles. The van der Waals surface area contributed by atoms with Gasteiger partial charge in [0.2, 0.25) is 5.89 Å². The maximum absolute atomic E-state index is 5.39. The van der Waals surface area contributed by atoms with E-state index in [-0.39, 0.29) is 0 Å². The first kappa shape index (κ1) is 14.1. The van der Waals surface area contributed by atoms with E-state index in [0.717, 1.165) is 36.3 Å². The molecule has 2 aromatic rings. The molecule has 112 valence electrons. The lowest BCUT2D eigenvalue weighted by molar-refractivity contribution is 0.320. The number of aromatic nitrogens is 2. The van der Waals surface area contributed by atoms with Gasteiger partial charge in [0.15, 0.2) is 5.82 Å². The van der Waals surface area contributed by atoms with Crippen molar-refractivity contribution < 1.29 is 4.52 Å². The predicted molar refractivity (Wildman–Crippen MR) is 83.3 cm³/mol. The summed E-state index contributed by atoms with van der Waals surface area (Å²) in [4.78, 5) is 4.58. The molecule has 0 spiro atoms. The van der Waals surface area contributed by atoms with Gasteiger partial charge in [0.1, 0.15) is 0 Å². The van der Waals surface area contributed by atoms with Crippen molar-refractivity contribution in [2.75, 3.05) is 11.9 Å². The minimum absolute atomic E-state index is 0.494. The monoisotopic (exact) mass is 285 g/mol. The second-order valence-electron chi connectivity index (χ2n) is 6.06. The smallest absolute Gasteiger partial charge is 0.228 e. The van der Waals surface area contributed by atoms with Crippen molar-refractivity contribution in [3.8, 4) is 0 Å². The van der Waals surface area contributed by atoms with Gasteiger partial charge in [0, 0.05) is 24.6 Å². The maximum Gasteiger partial charge on any atom is 0.228 e. The third-order valence-corrected chi connectivity index (χ3v) is 4.23. The minimum atomic E-state index is 0.494. The third-order valence-electron chi connectivity index (χ3n) is 4.23. The summed E-state index contributed by atoms with van der Waals surface area (Å²) in [6.07, 6.45) is 5.78. The summed E-state index contributed by atoms with van der Waals surface area (Å²) in [6, 6.07) is 10.2. The first-order valence-electron chi connectivity index (χ1n) is 7.92. The van der Waals surface area contributed by atoms with Crippen LogP contribution in [-0.4, -0.2) is 16.7 Å². The van der Waals surface area contributed by atoms with E-state index in [4.69, 9.17) is 4.52 Å². The van der Waals surface area contributed by atoms with Gasteiger partial charge in [0.25, 0.3) is 0 Å². The molecule has 1 fully saturated rings. The maximum atomic E-state index is 5.39. The molecule has 3 rings (SSSR count). The average molecular weight is 285 g/mol. The van der Waals surface area contributed by atoms with Crippen LogP contribution in [0, 0.1) is 5.92 Å². The second kappa shape index (κ2) is 6.74. The van der Waals surface area contributed by atoms with E-state index in [9.17, 15) is 0 Å². The molecule has 4 nitrogen and oxygen atoms in total. The molecule has 2 atom stereocenters. The fraction of sp³-hybridized carbons (Fsp3) is 0.529. The molecule has 1 aliphatic rings. The summed E-state index contributed by atoms with van der Waals surface area (Å²) >= 11 is 0.